The fourth-order valence-electron chi connectivity index (χ4n) is 2.33. The van der Waals surface area contributed by atoms with E-state index < -0.39 is 0 Å². The number of hydrogen-bond donors (Lipinski definition) is 0. The second-order valence-corrected chi connectivity index (χ2v) is 5.09. The first-order chi connectivity index (χ1) is 12.8. The van der Waals surface area contributed by atoms with Crippen molar-refractivity contribution < 1.29 is 21.0 Å². The molecule has 0 aliphatic carbocycles. The van der Waals surface area contributed by atoms with Crippen molar-refractivity contribution in [2.45, 2.75) is 0 Å². The third-order valence-electron chi connectivity index (χ3n) is 3.36. The molecule has 5 aliphatic rings. The van der Waals surface area contributed by atoms with E-state index in [1.165, 1.54) is 0 Å². The molecule has 26 heavy (non-hydrogen) atoms. The predicted octanol–water partition coefficient (Wildman–Crippen LogP) is 1.35. The zero-order valence-corrected chi connectivity index (χ0v) is 14.4. The van der Waals surface area contributed by atoms with Crippen LogP contribution in [0.2, 0.25) is 0 Å². The average molecular weight is 379 g/mol. The third kappa shape index (κ3) is 3.39. The van der Waals surface area contributed by atoms with Crippen LogP contribution in [0.3, 0.4) is 0 Å². The number of rotatable bonds is 0. The molecule has 0 amide bonds. The Kier molecular flexibility index (Phi) is 4.30. The number of amidine groups is 8. The van der Waals surface area contributed by atoms with Crippen LogP contribution in [-0.2, 0) is 21.0 Å². The van der Waals surface area contributed by atoms with Gasteiger partial charge in [0.2, 0.25) is 0 Å². The zero-order chi connectivity index (χ0) is 17.9. The summed E-state index contributed by atoms with van der Waals surface area (Å²) in [6.45, 7) is 0. The molecule has 0 aromatic rings. The van der Waals surface area contributed by atoms with Gasteiger partial charge in [-0.15, -0.1) is 0 Å². The Labute approximate surface area is 156 Å². The first-order valence-electron chi connectivity index (χ1n) is 7.40. The Balaban J connectivity index is 0.000000814. The van der Waals surface area contributed by atoms with Crippen molar-refractivity contribution in [1.29, 1.82) is 0 Å². The van der Waals surface area contributed by atoms with Gasteiger partial charge in [-0.05, 0) is 48.6 Å². The number of nitrogens with zero attached hydrogens (tertiary/aromatic N) is 8. The second kappa shape index (κ2) is 6.91. The van der Waals surface area contributed by atoms with Crippen LogP contribution in [0.5, 0.6) is 0 Å². The zero-order valence-electron chi connectivity index (χ0n) is 13.1. The van der Waals surface area contributed by atoms with Crippen LogP contribution in [0.1, 0.15) is 0 Å². The van der Waals surface area contributed by atoms with Gasteiger partial charge in [0.1, 0.15) is 0 Å². The molecule has 0 fully saturated rings. The van der Waals surface area contributed by atoms with Crippen molar-refractivity contribution in [3.8, 4) is 0 Å². The summed E-state index contributed by atoms with van der Waals surface area (Å²) in [4.78, 5) is 34.8. The summed E-state index contributed by atoms with van der Waals surface area (Å²) in [5, 5.41) is 0. The first-order valence-corrected chi connectivity index (χ1v) is 7.97. The summed E-state index contributed by atoms with van der Waals surface area (Å²) in [6, 6.07) is 0. The molecule has 0 aromatic heterocycles. The van der Waals surface area contributed by atoms with Crippen LogP contribution in [-0.4, -0.2) is 46.7 Å². The molecule has 0 spiro atoms. The van der Waals surface area contributed by atoms with Gasteiger partial charge in [-0.1, -0.05) is 0 Å². The van der Waals surface area contributed by atoms with E-state index in [1.54, 1.807) is 48.6 Å². The monoisotopic (exact) mass is 379 g/mol. The van der Waals surface area contributed by atoms with E-state index in [9.17, 15) is 0 Å². The fraction of sp³-hybridized carbons (Fsp3) is 0. The average Bonchev–Trinajstić information content (AvgIpc) is 3.42. The van der Waals surface area contributed by atoms with Gasteiger partial charge >= 0.3 is 21.0 Å². The summed E-state index contributed by atoms with van der Waals surface area (Å²) >= 11 is 1.06. The van der Waals surface area contributed by atoms with Gasteiger partial charge in [-0.2, -0.15) is 0 Å². The molecule has 0 aromatic carbocycles. The van der Waals surface area contributed by atoms with Crippen molar-refractivity contribution in [3.63, 3.8) is 0 Å². The van der Waals surface area contributed by atoms with E-state index in [2.05, 4.69) is 39.9 Å². The van der Waals surface area contributed by atoms with Gasteiger partial charge in [0.05, 0.1) is 0 Å². The molecule has 8 bridgehead atoms. The van der Waals surface area contributed by atoms with E-state index in [4.69, 9.17) is 3.67 Å². The van der Waals surface area contributed by atoms with Crippen LogP contribution in [0.4, 0.5) is 0 Å². The second-order valence-electron chi connectivity index (χ2n) is 5.09. The maximum atomic E-state index is 8.19. The SMILES string of the molecule is C1=CC2=NC3=NC(=NC4=NC(=NC5=NC(=NC1=N2)C=C5)C=C4)C=C3.[O]=[V]. The van der Waals surface area contributed by atoms with Crippen LogP contribution in [0.25, 0.3) is 0 Å². The minimum absolute atomic E-state index is 0.538. The van der Waals surface area contributed by atoms with Crippen molar-refractivity contribution in [2.75, 3.05) is 0 Å². The van der Waals surface area contributed by atoms with E-state index >= 15 is 0 Å². The summed E-state index contributed by atoms with van der Waals surface area (Å²) in [5.41, 5.74) is 0. The quantitative estimate of drug-likeness (QED) is 0.621. The van der Waals surface area contributed by atoms with Crippen molar-refractivity contribution in [1.82, 2.24) is 0 Å². The summed E-state index contributed by atoms with van der Waals surface area (Å²) in [5.74, 6) is 4.30. The van der Waals surface area contributed by atoms with Crippen molar-refractivity contribution in [2.24, 2.45) is 39.9 Å². The van der Waals surface area contributed by atoms with Crippen LogP contribution in [0.15, 0.2) is 88.5 Å². The van der Waals surface area contributed by atoms with Crippen LogP contribution < -0.4 is 0 Å². The summed E-state index contributed by atoms with van der Waals surface area (Å²) in [6.07, 6.45) is 14.2. The molecule has 0 radical (unpaired) electrons. The Hall–Kier alpha value is -3.30. The van der Waals surface area contributed by atoms with Gasteiger partial charge in [-0.25, -0.2) is 39.9 Å². The molecule has 0 N–H and O–H groups in total. The number of fused-ring (bicyclic) bond motifs is 4. The summed E-state index contributed by atoms with van der Waals surface area (Å²) < 4.78 is 8.19. The van der Waals surface area contributed by atoms with E-state index in [0.29, 0.717) is 46.7 Å². The molecule has 0 unspecified atom stereocenters. The Morgan fingerprint density at radius 2 is 0.462 bits per heavy atom. The molecule has 5 aliphatic heterocycles. The van der Waals surface area contributed by atoms with Crippen molar-refractivity contribution in [3.05, 3.63) is 48.6 Å². The molecular formula is C16H8N8OV. The van der Waals surface area contributed by atoms with Gasteiger partial charge in [0, 0.05) is 0 Å². The molecule has 0 saturated carbocycles. The van der Waals surface area contributed by atoms with Gasteiger partial charge < -0.3 is 0 Å². The Morgan fingerprint density at radius 1 is 0.346 bits per heavy atom. The standard InChI is InChI=1S/C16H8N8.O.V/c1-2-10-17-9(1)21-11-3-4-13(18-11)23-15-7-8-16(20-15)24-14-6-5-12(19-14)22-10;;/h1-8H;;. The topological polar surface area (TPSA) is 116 Å². The van der Waals surface area contributed by atoms with Gasteiger partial charge in [0.15, 0.2) is 46.7 Å². The normalized spacial score (nSPS) is 21.0. The number of hydrogen-bond acceptors (Lipinski definition) is 9. The predicted molar refractivity (Wildman–Crippen MR) is 96.7 cm³/mol. The molecule has 5 heterocycles. The van der Waals surface area contributed by atoms with E-state index in [0.717, 1.165) is 17.4 Å². The molecule has 0 saturated heterocycles. The van der Waals surface area contributed by atoms with Crippen LogP contribution in [0, 0.1) is 0 Å². The minimum atomic E-state index is 0.538. The molecule has 5 rings (SSSR count). The molecular weight excluding hydrogens is 371 g/mol. The first kappa shape index (κ1) is 16.2. The molecule has 9 nitrogen and oxygen atoms in total. The maximum absolute atomic E-state index is 8.19. The van der Waals surface area contributed by atoms with Crippen molar-refractivity contribution >= 4 is 46.7 Å². The third-order valence-corrected chi connectivity index (χ3v) is 3.36. The van der Waals surface area contributed by atoms with Gasteiger partial charge in [-0.3, -0.25) is 0 Å². The molecule has 10 heteroatoms. The molecule has 0 atom stereocenters. The van der Waals surface area contributed by atoms with Crippen LogP contribution >= 0.6 is 0 Å². The Morgan fingerprint density at radius 3 is 0.577 bits per heavy atom. The van der Waals surface area contributed by atoms with Gasteiger partial charge in [0.25, 0.3) is 0 Å². The van der Waals surface area contributed by atoms with E-state index in [1.807, 2.05) is 0 Å². The Bertz CT molecular complexity index is 876. The molecule has 123 valence electrons. The fourth-order valence-corrected chi connectivity index (χ4v) is 2.33. The summed E-state index contributed by atoms with van der Waals surface area (Å²) in [7, 11) is 0. The van der Waals surface area contributed by atoms with E-state index in [-0.39, 0.29) is 0 Å². The number of aliphatic imine (C=N–C) groups is 8.